The molecule has 0 bridgehead atoms. The predicted molar refractivity (Wildman–Crippen MR) is 191 cm³/mol. The molecule has 7 atom stereocenters. The third-order valence-electron chi connectivity index (χ3n) is 10.0. The molecule has 1 saturated carbocycles. The van der Waals surface area contributed by atoms with E-state index in [9.17, 15) is 4.79 Å². The number of Topliss-reactive ketones (excluding diaryl/α,β-unsaturated/α-hetero) is 1. The summed E-state index contributed by atoms with van der Waals surface area (Å²) in [5, 5.41) is 0. The van der Waals surface area contributed by atoms with E-state index in [0.29, 0.717) is 12.3 Å². The molecule has 0 radical (unpaired) electrons. The first-order valence-electron chi connectivity index (χ1n) is 18.5. The maximum atomic E-state index is 12.4. The van der Waals surface area contributed by atoms with Gasteiger partial charge in [-0.3, -0.25) is 4.79 Å². The summed E-state index contributed by atoms with van der Waals surface area (Å²) >= 11 is 5.34. The third-order valence-corrected chi connectivity index (χ3v) is 11.7. The maximum Gasteiger partial charge on any atom is 0.158 e. The summed E-state index contributed by atoms with van der Waals surface area (Å²) < 4.78 is 43.9. The molecule has 270 valence electrons. The van der Waals surface area contributed by atoms with Crippen LogP contribution in [-0.2, 0) is 44.4 Å². The van der Waals surface area contributed by atoms with E-state index in [2.05, 4.69) is 46.3 Å². The van der Waals surface area contributed by atoms with Gasteiger partial charge in [-0.2, -0.15) is 0 Å². The summed E-state index contributed by atoms with van der Waals surface area (Å²) in [5.41, 5.74) is 0. The SMILES string of the molecule is COC(=CCc1ccc(Br)s1)CC[C@@H]1[C@@H](CC=CCCCC(=O)COC2CCCCO2)[C@@H](OC2CCCCO2)C[C@H]1OC1CCCCO1. The van der Waals surface area contributed by atoms with Crippen LogP contribution in [0.15, 0.2) is 39.9 Å². The zero-order valence-electron chi connectivity index (χ0n) is 28.8. The molecule has 3 saturated heterocycles. The van der Waals surface area contributed by atoms with Crippen molar-refractivity contribution in [1.29, 1.82) is 0 Å². The molecule has 8 nitrogen and oxygen atoms in total. The number of rotatable bonds is 19. The monoisotopic (exact) mass is 752 g/mol. The van der Waals surface area contributed by atoms with Crippen LogP contribution in [-0.4, -0.2) is 70.4 Å². The van der Waals surface area contributed by atoms with Gasteiger partial charge < -0.3 is 33.2 Å². The van der Waals surface area contributed by atoms with Gasteiger partial charge in [0, 0.05) is 50.4 Å². The van der Waals surface area contributed by atoms with Crippen LogP contribution in [0, 0.1) is 11.8 Å². The van der Waals surface area contributed by atoms with Crippen LogP contribution in [0.4, 0.5) is 0 Å². The Hall–Kier alpha value is -1.11. The minimum absolute atomic E-state index is 0.0514. The van der Waals surface area contributed by atoms with Gasteiger partial charge in [0.2, 0.25) is 0 Å². The van der Waals surface area contributed by atoms with Crippen LogP contribution >= 0.6 is 27.3 Å². The average Bonchev–Trinajstić information content (AvgIpc) is 3.68. The van der Waals surface area contributed by atoms with E-state index in [1.807, 2.05) is 0 Å². The lowest BCUT2D eigenvalue weighted by Gasteiger charge is -2.31. The van der Waals surface area contributed by atoms with Gasteiger partial charge in [-0.25, -0.2) is 0 Å². The quantitative estimate of drug-likeness (QED) is 0.0787. The topological polar surface area (TPSA) is 81.7 Å². The van der Waals surface area contributed by atoms with Gasteiger partial charge in [-0.1, -0.05) is 12.2 Å². The summed E-state index contributed by atoms with van der Waals surface area (Å²) in [6, 6.07) is 4.26. The number of unbranched alkanes of at least 4 members (excludes halogenated alkanes) is 1. The zero-order chi connectivity index (χ0) is 33.4. The second-order valence-corrected chi connectivity index (χ2v) is 16.1. The second-order valence-electron chi connectivity index (χ2n) is 13.6. The highest BCUT2D eigenvalue weighted by Gasteiger charge is 2.46. The van der Waals surface area contributed by atoms with Crippen LogP contribution in [0.25, 0.3) is 0 Å². The van der Waals surface area contributed by atoms with E-state index in [1.165, 1.54) is 4.88 Å². The van der Waals surface area contributed by atoms with Crippen LogP contribution in [0.3, 0.4) is 0 Å². The van der Waals surface area contributed by atoms with E-state index >= 15 is 0 Å². The number of ether oxygens (including phenoxy) is 7. The van der Waals surface area contributed by atoms with Gasteiger partial charge in [0.25, 0.3) is 0 Å². The van der Waals surface area contributed by atoms with E-state index in [4.69, 9.17) is 33.2 Å². The highest BCUT2D eigenvalue weighted by Crippen LogP contribution is 2.44. The lowest BCUT2D eigenvalue weighted by Crippen LogP contribution is -2.32. The Morgan fingerprint density at radius 3 is 2.15 bits per heavy atom. The highest BCUT2D eigenvalue weighted by molar-refractivity contribution is 9.11. The summed E-state index contributed by atoms with van der Waals surface area (Å²) in [4.78, 5) is 13.7. The first-order chi connectivity index (χ1) is 23.6. The van der Waals surface area contributed by atoms with Crippen molar-refractivity contribution in [1.82, 2.24) is 0 Å². The van der Waals surface area contributed by atoms with Gasteiger partial charge in [0.15, 0.2) is 24.7 Å². The minimum atomic E-state index is -0.215. The van der Waals surface area contributed by atoms with E-state index in [1.54, 1.807) is 18.4 Å². The van der Waals surface area contributed by atoms with E-state index < -0.39 is 0 Å². The standard InChI is InChI=1S/C38H57BrO8S/c1-41-29(17-19-30-20-22-35(39)48-30)18-21-32-31(13-5-3-2-4-12-28(40)27-45-36-14-6-9-23-42-36)33(46-37-15-7-10-24-43-37)26-34(32)47-38-16-8-11-25-44-38/h3,5,17,20,22,31-34,36-38H,2,4,6-16,18-19,21,23-27H2,1H3/t31-,32-,33+,34-,36?,37?,38?/m1/s1. The number of ketones is 1. The second kappa shape index (κ2) is 21.3. The maximum absolute atomic E-state index is 12.4. The fourth-order valence-electron chi connectivity index (χ4n) is 7.36. The molecule has 1 aliphatic carbocycles. The zero-order valence-corrected chi connectivity index (χ0v) is 31.2. The van der Waals surface area contributed by atoms with Gasteiger partial charge >= 0.3 is 0 Å². The summed E-state index contributed by atoms with van der Waals surface area (Å²) in [6.45, 7) is 2.41. The number of methoxy groups -OCH3 is 1. The van der Waals surface area contributed by atoms with Crippen molar-refractivity contribution < 1.29 is 38.0 Å². The number of carbonyl (C=O) groups is 1. The number of thiophene rings is 1. The number of carbonyl (C=O) groups excluding carboxylic acids is 1. The van der Waals surface area contributed by atoms with Crippen molar-refractivity contribution in [3.8, 4) is 0 Å². The number of hydrogen-bond donors (Lipinski definition) is 0. The van der Waals surface area contributed by atoms with Crippen molar-refractivity contribution in [2.45, 2.75) is 140 Å². The normalized spacial score (nSPS) is 30.2. The van der Waals surface area contributed by atoms with Crippen molar-refractivity contribution in [3.63, 3.8) is 0 Å². The number of hydrogen-bond acceptors (Lipinski definition) is 9. The van der Waals surface area contributed by atoms with E-state index in [0.717, 1.165) is 132 Å². The van der Waals surface area contributed by atoms with Crippen molar-refractivity contribution >= 4 is 33.0 Å². The Kier molecular flexibility index (Phi) is 16.9. The Labute approximate surface area is 300 Å². The van der Waals surface area contributed by atoms with Crippen LogP contribution in [0.1, 0.15) is 108 Å². The third kappa shape index (κ3) is 12.9. The molecule has 0 spiro atoms. The molecule has 4 fully saturated rings. The molecule has 10 heteroatoms. The lowest BCUT2D eigenvalue weighted by molar-refractivity contribution is -0.204. The first kappa shape index (κ1) is 38.1. The molecule has 1 aromatic heterocycles. The molecular formula is C38H57BrO8S. The molecule has 0 amide bonds. The number of halogens is 1. The molecule has 48 heavy (non-hydrogen) atoms. The molecule has 1 aromatic rings. The van der Waals surface area contributed by atoms with Crippen molar-refractivity contribution in [2.75, 3.05) is 33.5 Å². The molecule has 0 N–H and O–H groups in total. The Balaban J connectivity index is 1.19. The average molecular weight is 754 g/mol. The molecule has 5 rings (SSSR count). The molecule has 0 aromatic carbocycles. The summed E-state index contributed by atoms with van der Waals surface area (Å²) in [6.07, 6.45) is 22.4. The van der Waals surface area contributed by atoms with Gasteiger partial charge in [0.1, 0.15) is 6.61 Å². The Morgan fingerprint density at radius 2 is 1.54 bits per heavy atom. The van der Waals surface area contributed by atoms with Crippen molar-refractivity contribution in [3.05, 3.63) is 44.8 Å². The van der Waals surface area contributed by atoms with E-state index in [-0.39, 0.29) is 49.4 Å². The smallest absolute Gasteiger partial charge is 0.158 e. The van der Waals surface area contributed by atoms with Crippen LogP contribution in [0.2, 0.25) is 0 Å². The van der Waals surface area contributed by atoms with Crippen LogP contribution < -0.4 is 0 Å². The molecule has 4 aliphatic rings. The Morgan fingerprint density at radius 1 is 0.875 bits per heavy atom. The minimum Gasteiger partial charge on any atom is -0.501 e. The Bertz CT molecular complexity index is 1120. The number of allylic oxidation sites excluding steroid dienone is 4. The van der Waals surface area contributed by atoms with Crippen molar-refractivity contribution in [2.24, 2.45) is 11.8 Å². The van der Waals surface area contributed by atoms with Gasteiger partial charge in [-0.05, 0) is 129 Å². The molecule has 4 heterocycles. The fourth-order valence-corrected chi connectivity index (χ4v) is 8.80. The summed E-state index contributed by atoms with van der Waals surface area (Å²) in [5.74, 6) is 1.75. The van der Waals surface area contributed by atoms with Gasteiger partial charge in [-0.15, -0.1) is 11.3 Å². The fraction of sp³-hybridized carbons (Fsp3) is 0.763. The molecule has 3 unspecified atom stereocenters. The molecule has 3 aliphatic heterocycles. The van der Waals surface area contributed by atoms with Crippen LogP contribution in [0.5, 0.6) is 0 Å². The predicted octanol–water partition coefficient (Wildman–Crippen LogP) is 9.05. The largest absolute Gasteiger partial charge is 0.501 e. The summed E-state index contributed by atoms with van der Waals surface area (Å²) in [7, 11) is 1.78. The van der Waals surface area contributed by atoms with Gasteiger partial charge in [0.05, 0.1) is 28.9 Å². The first-order valence-corrected chi connectivity index (χ1v) is 20.1. The highest BCUT2D eigenvalue weighted by atomic mass is 79.9. The molecular weight excluding hydrogens is 696 g/mol. The lowest BCUT2D eigenvalue weighted by atomic mass is 9.86.